The molecule has 0 aliphatic rings. The molecule has 0 saturated heterocycles. The standard InChI is InChI=1S/C13H17NO3/c1-3-4-9-14-13(16)11-7-5-6-8-12(11)17-10(2)15/h5-8H,3-4,9H2,1-2H3,(H,14,16). The predicted octanol–water partition coefficient (Wildman–Crippen LogP) is 2.14. The Morgan fingerprint density at radius 3 is 2.65 bits per heavy atom. The van der Waals surface area contributed by atoms with Gasteiger partial charge in [0.15, 0.2) is 0 Å². The Morgan fingerprint density at radius 1 is 1.29 bits per heavy atom. The molecular formula is C13H17NO3. The van der Waals surface area contributed by atoms with Crippen molar-refractivity contribution in [3.05, 3.63) is 29.8 Å². The molecule has 0 radical (unpaired) electrons. The maximum absolute atomic E-state index is 11.8. The summed E-state index contributed by atoms with van der Waals surface area (Å²) in [4.78, 5) is 22.7. The van der Waals surface area contributed by atoms with E-state index in [4.69, 9.17) is 4.74 Å². The van der Waals surface area contributed by atoms with Crippen LogP contribution >= 0.6 is 0 Å². The zero-order valence-corrected chi connectivity index (χ0v) is 10.2. The SMILES string of the molecule is CCCCNC(=O)c1ccccc1OC(C)=O. The third-order valence-corrected chi connectivity index (χ3v) is 2.20. The Kier molecular flexibility index (Phi) is 5.20. The number of benzene rings is 1. The first-order valence-corrected chi connectivity index (χ1v) is 5.70. The van der Waals surface area contributed by atoms with Gasteiger partial charge >= 0.3 is 5.97 Å². The van der Waals surface area contributed by atoms with E-state index in [0.29, 0.717) is 17.9 Å². The van der Waals surface area contributed by atoms with Crippen LogP contribution in [0.25, 0.3) is 0 Å². The van der Waals surface area contributed by atoms with Gasteiger partial charge < -0.3 is 10.1 Å². The first-order chi connectivity index (χ1) is 8.15. The maximum atomic E-state index is 11.8. The molecule has 4 nitrogen and oxygen atoms in total. The number of para-hydroxylation sites is 1. The summed E-state index contributed by atoms with van der Waals surface area (Å²) in [6.45, 7) is 3.99. The van der Waals surface area contributed by atoms with Gasteiger partial charge in [0.1, 0.15) is 5.75 Å². The summed E-state index contributed by atoms with van der Waals surface area (Å²) in [7, 11) is 0. The van der Waals surface area contributed by atoms with E-state index < -0.39 is 5.97 Å². The van der Waals surface area contributed by atoms with Crippen LogP contribution in [0.3, 0.4) is 0 Å². The predicted molar refractivity (Wildman–Crippen MR) is 65.0 cm³/mol. The van der Waals surface area contributed by atoms with Gasteiger partial charge in [-0.1, -0.05) is 25.5 Å². The first kappa shape index (κ1) is 13.2. The topological polar surface area (TPSA) is 55.4 Å². The summed E-state index contributed by atoms with van der Waals surface area (Å²) in [5, 5.41) is 2.78. The van der Waals surface area contributed by atoms with E-state index >= 15 is 0 Å². The fourth-order valence-corrected chi connectivity index (χ4v) is 1.37. The van der Waals surface area contributed by atoms with E-state index in [1.54, 1.807) is 24.3 Å². The number of hydrogen-bond acceptors (Lipinski definition) is 3. The van der Waals surface area contributed by atoms with Crippen LogP contribution in [0, 0.1) is 0 Å². The van der Waals surface area contributed by atoms with Crippen molar-refractivity contribution in [2.45, 2.75) is 26.7 Å². The molecule has 4 heteroatoms. The number of ether oxygens (including phenoxy) is 1. The molecule has 0 saturated carbocycles. The van der Waals surface area contributed by atoms with Gasteiger partial charge in [-0.05, 0) is 18.6 Å². The van der Waals surface area contributed by atoms with Crippen LogP contribution in [0.2, 0.25) is 0 Å². The number of nitrogens with one attached hydrogen (secondary N) is 1. The van der Waals surface area contributed by atoms with Crippen LogP contribution in [0.15, 0.2) is 24.3 Å². The highest BCUT2D eigenvalue weighted by atomic mass is 16.5. The van der Waals surface area contributed by atoms with Gasteiger partial charge in [0.05, 0.1) is 5.56 Å². The van der Waals surface area contributed by atoms with Gasteiger partial charge in [0.2, 0.25) is 0 Å². The molecule has 1 N–H and O–H groups in total. The maximum Gasteiger partial charge on any atom is 0.308 e. The molecule has 1 amide bonds. The van der Waals surface area contributed by atoms with Crippen molar-refractivity contribution in [3.63, 3.8) is 0 Å². The van der Waals surface area contributed by atoms with Crippen molar-refractivity contribution in [2.75, 3.05) is 6.54 Å². The zero-order chi connectivity index (χ0) is 12.7. The Morgan fingerprint density at radius 2 is 2.00 bits per heavy atom. The lowest BCUT2D eigenvalue weighted by Crippen LogP contribution is -2.25. The highest BCUT2D eigenvalue weighted by molar-refractivity contribution is 5.97. The zero-order valence-electron chi connectivity index (χ0n) is 10.2. The molecule has 1 rings (SSSR count). The van der Waals surface area contributed by atoms with E-state index in [9.17, 15) is 9.59 Å². The quantitative estimate of drug-likeness (QED) is 0.483. The Bertz CT molecular complexity index is 401. The molecule has 92 valence electrons. The second kappa shape index (κ2) is 6.68. The number of unbranched alkanes of at least 4 members (excludes halogenated alkanes) is 1. The smallest absolute Gasteiger partial charge is 0.308 e. The van der Waals surface area contributed by atoms with Crippen LogP contribution in [-0.2, 0) is 4.79 Å². The summed E-state index contributed by atoms with van der Waals surface area (Å²) >= 11 is 0. The van der Waals surface area contributed by atoms with Crippen molar-refractivity contribution < 1.29 is 14.3 Å². The molecule has 17 heavy (non-hydrogen) atoms. The van der Waals surface area contributed by atoms with E-state index in [1.165, 1.54) is 6.92 Å². The molecule has 0 aliphatic carbocycles. The second-order valence-corrected chi connectivity index (χ2v) is 3.70. The highest BCUT2D eigenvalue weighted by Gasteiger charge is 2.12. The normalized spacial score (nSPS) is 9.76. The van der Waals surface area contributed by atoms with Crippen LogP contribution in [0.1, 0.15) is 37.0 Å². The first-order valence-electron chi connectivity index (χ1n) is 5.70. The van der Waals surface area contributed by atoms with E-state index in [2.05, 4.69) is 12.2 Å². The fraction of sp³-hybridized carbons (Fsp3) is 0.385. The van der Waals surface area contributed by atoms with Gasteiger partial charge in [-0.3, -0.25) is 9.59 Å². The molecule has 0 spiro atoms. The number of amides is 1. The molecule has 0 fully saturated rings. The highest BCUT2D eigenvalue weighted by Crippen LogP contribution is 2.17. The fourth-order valence-electron chi connectivity index (χ4n) is 1.37. The van der Waals surface area contributed by atoms with Gasteiger partial charge in [0, 0.05) is 13.5 Å². The van der Waals surface area contributed by atoms with Crippen molar-refractivity contribution >= 4 is 11.9 Å². The number of carbonyl (C=O) groups excluding carboxylic acids is 2. The van der Waals surface area contributed by atoms with Crippen LogP contribution < -0.4 is 10.1 Å². The van der Waals surface area contributed by atoms with Gasteiger partial charge in [0.25, 0.3) is 5.91 Å². The summed E-state index contributed by atoms with van der Waals surface area (Å²) < 4.78 is 4.97. The average molecular weight is 235 g/mol. The molecule has 0 bridgehead atoms. The molecule has 0 unspecified atom stereocenters. The lowest BCUT2D eigenvalue weighted by atomic mass is 10.2. The molecule has 0 heterocycles. The Hall–Kier alpha value is -1.84. The summed E-state index contributed by atoms with van der Waals surface area (Å²) in [6.07, 6.45) is 1.95. The van der Waals surface area contributed by atoms with E-state index in [1.807, 2.05) is 0 Å². The van der Waals surface area contributed by atoms with E-state index in [-0.39, 0.29) is 5.91 Å². The monoisotopic (exact) mass is 235 g/mol. The number of esters is 1. The summed E-state index contributed by atoms with van der Waals surface area (Å²) in [5.41, 5.74) is 0.388. The number of hydrogen-bond donors (Lipinski definition) is 1. The lowest BCUT2D eigenvalue weighted by Gasteiger charge is -2.08. The van der Waals surface area contributed by atoms with Crippen molar-refractivity contribution in [1.29, 1.82) is 0 Å². The molecule has 0 atom stereocenters. The Balaban J connectivity index is 2.74. The summed E-state index contributed by atoms with van der Waals surface area (Å²) in [5.74, 6) is -0.344. The molecule has 1 aromatic carbocycles. The minimum Gasteiger partial charge on any atom is -0.426 e. The summed E-state index contributed by atoms with van der Waals surface area (Å²) in [6, 6.07) is 6.71. The number of rotatable bonds is 5. The minimum atomic E-state index is -0.432. The van der Waals surface area contributed by atoms with Gasteiger partial charge in [-0.2, -0.15) is 0 Å². The minimum absolute atomic E-state index is 0.213. The van der Waals surface area contributed by atoms with Gasteiger partial charge in [-0.15, -0.1) is 0 Å². The van der Waals surface area contributed by atoms with Crippen molar-refractivity contribution in [1.82, 2.24) is 5.32 Å². The van der Waals surface area contributed by atoms with Crippen LogP contribution in [-0.4, -0.2) is 18.4 Å². The van der Waals surface area contributed by atoms with Gasteiger partial charge in [-0.25, -0.2) is 0 Å². The molecular weight excluding hydrogens is 218 g/mol. The largest absolute Gasteiger partial charge is 0.426 e. The lowest BCUT2D eigenvalue weighted by molar-refractivity contribution is -0.131. The molecule has 0 aromatic heterocycles. The van der Waals surface area contributed by atoms with Crippen LogP contribution in [0.4, 0.5) is 0 Å². The molecule has 1 aromatic rings. The van der Waals surface area contributed by atoms with E-state index in [0.717, 1.165) is 12.8 Å². The Labute approximate surface area is 101 Å². The number of carbonyl (C=O) groups is 2. The molecule has 0 aliphatic heterocycles. The third kappa shape index (κ3) is 4.26. The van der Waals surface area contributed by atoms with Crippen molar-refractivity contribution in [2.24, 2.45) is 0 Å². The van der Waals surface area contributed by atoms with Crippen LogP contribution in [0.5, 0.6) is 5.75 Å². The average Bonchev–Trinajstić information content (AvgIpc) is 2.29. The second-order valence-electron chi connectivity index (χ2n) is 3.70. The van der Waals surface area contributed by atoms with Crippen molar-refractivity contribution in [3.8, 4) is 5.75 Å². The third-order valence-electron chi connectivity index (χ3n) is 2.20.